The van der Waals surface area contributed by atoms with E-state index >= 15 is 0 Å². The minimum absolute atomic E-state index is 0.922. The van der Waals surface area contributed by atoms with Gasteiger partial charge in [-0.3, -0.25) is 0 Å². The predicted molar refractivity (Wildman–Crippen MR) is 115 cm³/mol. The van der Waals surface area contributed by atoms with E-state index in [9.17, 15) is 0 Å². The first kappa shape index (κ1) is 18.7. The first-order valence-corrected chi connectivity index (χ1v) is 9.23. The summed E-state index contributed by atoms with van der Waals surface area (Å²) in [4.78, 5) is 7.17. The van der Waals surface area contributed by atoms with Crippen molar-refractivity contribution in [2.45, 2.75) is 27.7 Å². The van der Waals surface area contributed by atoms with Crippen molar-refractivity contribution in [3.8, 4) is 22.5 Å². The van der Waals surface area contributed by atoms with E-state index in [4.69, 9.17) is 0 Å². The van der Waals surface area contributed by atoms with Crippen molar-refractivity contribution in [3.63, 3.8) is 0 Å². The summed E-state index contributed by atoms with van der Waals surface area (Å²) in [7, 11) is 0. The summed E-state index contributed by atoms with van der Waals surface area (Å²) in [6.45, 7) is 8.61. The molecule has 1 heterocycles. The molecule has 0 aliphatic rings. The molecule has 0 unspecified atom stereocenters. The lowest BCUT2D eigenvalue weighted by molar-refractivity contribution is 1.31. The molecule has 4 rings (SSSR count). The minimum Gasteiger partial charge on any atom is -0.345 e. The Morgan fingerprint density at radius 2 is 1.07 bits per heavy atom. The van der Waals surface area contributed by atoms with Crippen LogP contribution in [0.4, 0.5) is 0 Å². The van der Waals surface area contributed by atoms with E-state index < -0.39 is 0 Å². The Hall–Kier alpha value is -3.13. The number of imidazole rings is 1. The van der Waals surface area contributed by atoms with Gasteiger partial charge in [-0.2, -0.15) is 0 Å². The molecule has 0 saturated carbocycles. The predicted octanol–water partition coefficient (Wildman–Crippen LogP) is 6.66. The van der Waals surface area contributed by atoms with Crippen molar-refractivity contribution in [2.75, 3.05) is 0 Å². The quantitative estimate of drug-likeness (QED) is 0.428. The summed E-state index contributed by atoms with van der Waals surface area (Å²) < 4.78 is 0. The molecule has 136 valence electrons. The molecule has 0 atom stereocenters. The van der Waals surface area contributed by atoms with E-state index in [0.29, 0.717) is 0 Å². The molecule has 3 aromatic carbocycles. The highest BCUT2D eigenvalue weighted by Crippen LogP contribution is 2.24. The normalized spacial score (nSPS) is 10.2. The topological polar surface area (TPSA) is 28.7 Å². The van der Waals surface area contributed by atoms with Gasteiger partial charge in [0.15, 0.2) is 0 Å². The van der Waals surface area contributed by atoms with Crippen LogP contribution in [0.25, 0.3) is 22.5 Å². The Kier molecular flexibility index (Phi) is 5.87. The lowest BCUT2D eigenvalue weighted by Crippen LogP contribution is -1.85. The molecule has 0 fully saturated rings. The van der Waals surface area contributed by atoms with Gasteiger partial charge in [-0.1, -0.05) is 89.0 Å². The van der Waals surface area contributed by atoms with Crippen LogP contribution in [0.15, 0.2) is 79.1 Å². The van der Waals surface area contributed by atoms with Gasteiger partial charge >= 0.3 is 0 Å². The van der Waals surface area contributed by atoms with Gasteiger partial charge in [-0.05, 0) is 38.8 Å². The number of nitrogens with zero attached hydrogens (tertiary/aromatic N) is 1. The molecule has 0 bridgehead atoms. The van der Waals surface area contributed by atoms with E-state index in [-0.39, 0.29) is 0 Å². The molecule has 0 aliphatic heterocycles. The molecule has 2 heteroatoms. The van der Waals surface area contributed by atoms with Crippen LogP contribution in [0.2, 0.25) is 0 Å². The lowest BCUT2D eigenvalue weighted by Gasteiger charge is -2.07. The van der Waals surface area contributed by atoms with Gasteiger partial charge < -0.3 is 4.98 Å². The van der Waals surface area contributed by atoms with Gasteiger partial charge in [-0.15, -0.1) is 0 Å². The molecule has 0 saturated heterocycles. The zero-order valence-electron chi connectivity index (χ0n) is 16.5. The maximum Gasteiger partial charge on any atom is 0.137 e. The number of H-pyrrole nitrogens is 1. The van der Waals surface area contributed by atoms with Gasteiger partial charge in [0, 0.05) is 18.0 Å². The van der Waals surface area contributed by atoms with Crippen LogP contribution in [-0.2, 0) is 0 Å². The smallest absolute Gasteiger partial charge is 0.137 e. The molecule has 27 heavy (non-hydrogen) atoms. The summed E-state index contributed by atoms with van der Waals surface area (Å²) in [6.07, 6.45) is 3.57. The number of nitrogens with one attached hydrogen (secondary N) is 1. The molecule has 1 N–H and O–H groups in total. The van der Waals surface area contributed by atoms with E-state index in [0.717, 1.165) is 11.4 Å². The van der Waals surface area contributed by atoms with Crippen LogP contribution in [0.1, 0.15) is 22.3 Å². The number of rotatable bonds is 2. The second-order valence-electron chi connectivity index (χ2n) is 7.06. The van der Waals surface area contributed by atoms with E-state index in [1.807, 2.05) is 36.5 Å². The summed E-state index contributed by atoms with van der Waals surface area (Å²) >= 11 is 0. The third kappa shape index (κ3) is 5.18. The molecule has 0 spiro atoms. The highest BCUT2D eigenvalue weighted by molar-refractivity contribution is 5.66. The van der Waals surface area contributed by atoms with Crippen LogP contribution in [0.5, 0.6) is 0 Å². The van der Waals surface area contributed by atoms with Gasteiger partial charge in [0.2, 0.25) is 0 Å². The first-order valence-electron chi connectivity index (χ1n) is 9.23. The van der Waals surface area contributed by atoms with Crippen LogP contribution in [0.3, 0.4) is 0 Å². The minimum atomic E-state index is 0.922. The molecular formula is C25H26N2. The second kappa shape index (κ2) is 8.50. The third-order valence-electron chi connectivity index (χ3n) is 4.32. The van der Waals surface area contributed by atoms with Crippen molar-refractivity contribution >= 4 is 0 Å². The first-order chi connectivity index (χ1) is 13.0. The Morgan fingerprint density at radius 3 is 1.48 bits per heavy atom. The van der Waals surface area contributed by atoms with Crippen molar-refractivity contribution in [1.29, 1.82) is 0 Å². The number of aromatic nitrogens is 2. The summed E-state index contributed by atoms with van der Waals surface area (Å²) in [5.41, 5.74) is 9.08. The Bertz CT molecular complexity index is 910. The number of hydrogen-bond donors (Lipinski definition) is 1. The van der Waals surface area contributed by atoms with E-state index in [1.54, 1.807) is 6.20 Å². The van der Waals surface area contributed by atoms with Gasteiger partial charge in [0.1, 0.15) is 5.82 Å². The molecule has 0 amide bonds. The van der Waals surface area contributed by atoms with E-state index in [1.165, 1.54) is 33.4 Å². The molecule has 0 aliphatic carbocycles. The second-order valence-corrected chi connectivity index (χ2v) is 7.06. The maximum absolute atomic E-state index is 4.13. The fourth-order valence-corrected chi connectivity index (χ4v) is 3.30. The zero-order chi connectivity index (χ0) is 19.2. The van der Waals surface area contributed by atoms with Gasteiger partial charge in [-0.25, -0.2) is 4.98 Å². The van der Waals surface area contributed by atoms with Crippen molar-refractivity contribution < 1.29 is 0 Å². The fraction of sp³-hybridized carbons (Fsp3) is 0.160. The van der Waals surface area contributed by atoms with Crippen LogP contribution < -0.4 is 0 Å². The lowest BCUT2D eigenvalue weighted by atomic mass is 9.98. The molecule has 2 nitrogen and oxygen atoms in total. The van der Waals surface area contributed by atoms with Crippen molar-refractivity contribution in [3.05, 3.63) is 101 Å². The zero-order valence-corrected chi connectivity index (χ0v) is 16.5. The van der Waals surface area contributed by atoms with Crippen molar-refractivity contribution in [1.82, 2.24) is 9.97 Å². The summed E-state index contributed by atoms with van der Waals surface area (Å²) in [5.74, 6) is 0.922. The fourth-order valence-electron chi connectivity index (χ4n) is 3.30. The Morgan fingerprint density at radius 1 is 0.593 bits per heavy atom. The third-order valence-corrected chi connectivity index (χ3v) is 4.32. The van der Waals surface area contributed by atoms with Crippen LogP contribution >= 0.6 is 0 Å². The van der Waals surface area contributed by atoms with Crippen molar-refractivity contribution in [2.24, 2.45) is 0 Å². The highest BCUT2D eigenvalue weighted by atomic mass is 14.9. The molecule has 0 radical (unpaired) electrons. The monoisotopic (exact) mass is 354 g/mol. The summed E-state index contributed by atoms with van der Waals surface area (Å²) in [6, 6.07) is 23.5. The van der Waals surface area contributed by atoms with Crippen LogP contribution in [-0.4, -0.2) is 9.97 Å². The average molecular weight is 354 g/mol. The molecular weight excluding hydrogens is 328 g/mol. The number of aryl methyl sites for hydroxylation is 4. The largest absolute Gasteiger partial charge is 0.345 e. The standard InChI is InChI=1S/C16H18.C9H8N2/c1-11-5-12(2)8-15(7-11)16-9-13(3)6-14(4)10-16;1-2-4-8(5-3-1)9-10-6-7-11-9/h5-10H,1-4H3;1-7H,(H,10,11). The SMILES string of the molecule is Cc1cc(C)cc(-c2cc(C)cc(C)c2)c1.c1ccc(-c2ncc[nH]2)cc1. The number of benzene rings is 3. The van der Waals surface area contributed by atoms with Crippen LogP contribution in [0, 0.1) is 27.7 Å². The number of hydrogen-bond acceptors (Lipinski definition) is 1. The number of aromatic amines is 1. The Balaban J connectivity index is 0.000000166. The molecule has 4 aromatic rings. The average Bonchev–Trinajstić information content (AvgIpc) is 3.16. The highest BCUT2D eigenvalue weighted by Gasteiger charge is 2.01. The van der Waals surface area contributed by atoms with Gasteiger partial charge in [0.05, 0.1) is 0 Å². The Labute approximate surface area is 161 Å². The van der Waals surface area contributed by atoms with E-state index in [2.05, 4.69) is 74.1 Å². The summed E-state index contributed by atoms with van der Waals surface area (Å²) in [5, 5.41) is 0. The van der Waals surface area contributed by atoms with Gasteiger partial charge in [0.25, 0.3) is 0 Å². The maximum atomic E-state index is 4.13. The molecule has 1 aromatic heterocycles.